The lowest BCUT2D eigenvalue weighted by molar-refractivity contribution is -0.143. The van der Waals surface area contributed by atoms with Gasteiger partial charge >= 0.3 is 5.97 Å². The van der Waals surface area contributed by atoms with Crippen molar-refractivity contribution in [3.05, 3.63) is 88.9 Å². The summed E-state index contributed by atoms with van der Waals surface area (Å²) >= 11 is 6.03. The van der Waals surface area contributed by atoms with Crippen LogP contribution >= 0.6 is 11.6 Å². The van der Waals surface area contributed by atoms with Gasteiger partial charge in [0.25, 0.3) is 0 Å². The molecule has 3 aromatic carbocycles. The van der Waals surface area contributed by atoms with Crippen molar-refractivity contribution >= 4 is 34.9 Å². The van der Waals surface area contributed by atoms with E-state index in [4.69, 9.17) is 16.3 Å². The number of carbonyl (C=O) groups excluding carboxylic acids is 3. The van der Waals surface area contributed by atoms with E-state index in [1.807, 2.05) is 49.4 Å². The number of aryl methyl sites for hydroxylation is 1. The highest BCUT2D eigenvalue weighted by Gasteiger charge is 2.12. The Labute approximate surface area is 186 Å². The van der Waals surface area contributed by atoms with Gasteiger partial charge in [0.05, 0.1) is 6.42 Å². The van der Waals surface area contributed by atoms with E-state index in [-0.39, 0.29) is 31.1 Å². The summed E-state index contributed by atoms with van der Waals surface area (Å²) < 4.78 is 5.02. The molecular weight excluding hydrogens is 414 g/mol. The average molecular weight is 436 g/mol. The molecule has 0 heterocycles. The van der Waals surface area contributed by atoms with Gasteiger partial charge in [0.2, 0.25) is 5.91 Å². The summed E-state index contributed by atoms with van der Waals surface area (Å²) in [5.74, 6) is -1.24. The van der Waals surface area contributed by atoms with E-state index in [0.717, 1.165) is 16.7 Å². The summed E-state index contributed by atoms with van der Waals surface area (Å²) in [6.07, 6.45) is -0.171. The number of hydrogen-bond acceptors (Lipinski definition) is 4. The molecule has 31 heavy (non-hydrogen) atoms. The monoisotopic (exact) mass is 435 g/mol. The Morgan fingerprint density at radius 1 is 0.871 bits per heavy atom. The Bertz CT molecular complexity index is 1080. The van der Waals surface area contributed by atoms with Crippen molar-refractivity contribution in [2.45, 2.75) is 19.8 Å². The Balaban J connectivity index is 1.43. The molecule has 158 valence electrons. The number of ether oxygens (including phenoxy) is 1. The van der Waals surface area contributed by atoms with Crippen molar-refractivity contribution in [3.8, 4) is 11.1 Å². The third-order valence-corrected chi connectivity index (χ3v) is 5.10. The number of ketones is 1. The second kappa shape index (κ2) is 10.5. The largest absolute Gasteiger partial charge is 0.457 e. The lowest BCUT2D eigenvalue weighted by Crippen LogP contribution is -2.17. The fourth-order valence-electron chi connectivity index (χ4n) is 2.89. The van der Waals surface area contributed by atoms with Crippen LogP contribution < -0.4 is 5.32 Å². The van der Waals surface area contributed by atoms with Crippen molar-refractivity contribution in [3.63, 3.8) is 0 Å². The van der Waals surface area contributed by atoms with Crippen LogP contribution in [0.25, 0.3) is 11.1 Å². The van der Waals surface area contributed by atoms with Gasteiger partial charge in [-0.25, -0.2) is 0 Å². The number of rotatable bonds is 8. The molecule has 3 rings (SSSR count). The van der Waals surface area contributed by atoms with Crippen LogP contribution in [0.2, 0.25) is 5.02 Å². The van der Waals surface area contributed by atoms with E-state index in [1.54, 1.807) is 30.3 Å². The minimum Gasteiger partial charge on any atom is -0.457 e. The first-order valence-electron chi connectivity index (χ1n) is 9.82. The molecule has 0 saturated heterocycles. The molecule has 0 saturated carbocycles. The van der Waals surface area contributed by atoms with E-state index in [9.17, 15) is 14.4 Å². The van der Waals surface area contributed by atoms with E-state index >= 15 is 0 Å². The second-order valence-corrected chi connectivity index (χ2v) is 7.45. The van der Waals surface area contributed by atoms with E-state index < -0.39 is 5.97 Å². The third kappa shape index (κ3) is 6.52. The highest BCUT2D eigenvalue weighted by Crippen LogP contribution is 2.21. The molecular formula is C25H22ClNO4. The van der Waals surface area contributed by atoms with Crippen LogP contribution in [-0.2, 0) is 14.3 Å². The SMILES string of the molecule is Cc1ccc(NC(=O)CCC(=O)OCC(=O)c2ccc(-c3ccccc3)cc2)cc1Cl. The van der Waals surface area contributed by atoms with Crippen molar-refractivity contribution in [2.24, 2.45) is 0 Å². The lowest BCUT2D eigenvalue weighted by Gasteiger charge is -2.08. The van der Waals surface area contributed by atoms with Gasteiger partial charge in [-0.15, -0.1) is 0 Å². The number of halogens is 1. The zero-order chi connectivity index (χ0) is 22.2. The molecule has 0 spiro atoms. The Morgan fingerprint density at radius 2 is 1.55 bits per heavy atom. The molecule has 0 aliphatic heterocycles. The Kier molecular flexibility index (Phi) is 7.57. The zero-order valence-electron chi connectivity index (χ0n) is 17.1. The summed E-state index contributed by atoms with van der Waals surface area (Å²) in [6.45, 7) is 1.50. The molecule has 0 fully saturated rings. The topological polar surface area (TPSA) is 72.5 Å². The third-order valence-electron chi connectivity index (χ3n) is 4.69. The summed E-state index contributed by atoms with van der Waals surface area (Å²) in [5.41, 5.74) is 3.97. The van der Waals surface area contributed by atoms with Gasteiger partial charge in [-0.1, -0.05) is 72.3 Å². The van der Waals surface area contributed by atoms with Crippen molar-refractivity contribution < 1.29 is 19.1 Å². The number of hydrogen-bond donors (Lipinski definition) is 1. The minimum atomic E-state index is -0.605. The summed E-state index contributed by atoms with van der Waals surface area (Å²) in [4.78, 5) is 36.2. The number of esters is 1. The van der Waals surface area contributed by atoms with Gasteiger partial charge < -0.3 is 10.1 Å². The van der Waals surface area contributed by atoms with Crippen LogP contribution in [0.1, 0.15) is 28.8 Å². The predicted molar refractivity (Wildman–Crippen MR) is 121 cm³/mol. The Morgan fingerprint density at radius 3 is 2.23 bits per heavy atom. The van der Waals surface area contributed by atoms with Crippen molar-refractivity contribution in [1.29, 1.82) is 0 Å². The minimum absolute atomic E-state index is 0.0513. The number of amides is 1. The molecule has 6 heteroatoms. The van der Waals surface area contributed by atoms with Crippen LogP contribution in [0.5, 0.6) is 0 Å². The first-order valence-corrected chi connectivity index (χ1v) is 10.2. The maximum absolute atomic E-state index is 12.3. The summed E-state index contributed by atoms with van der Waals surface area (Å²) in [7, 11) is 0. The Hall–Kier alpha value is -3.44. The highest BCUT2D eigenvalue weighted by atomic mass is 35.5. The standard InChI is InChI=1S/C25H22ClNO4/c1-17-7-12-21(15-22(17)26)27-24(29)13-14-25(30)31-16-23(28)20-10-8-19(9-11-20)18-5-3-2-4-6-18/h2-12,15H,13-14,16H2,1H3,(H,27,29). The fourth-order valence-corrected chi connectivity index (χ4v) is 3.07. The average Bonchev–Trinajstić information content (AvgIpc) is 2.79. The molecule has 5 nitrogen and oxygen atoms in total. The zero-order valence-corrected chi connectivity index (χ0v) is 17.8. The summed E-state index contributed by atoms with van der Waals surface area (Å²) in [5, 5.41) is 3.23. The molecule has 0 aromatic heterocycles. The van der Waals surface area contributed by atoms with Gasteiger partial charge in [0.15, 0.2) is 12.4 Å². The number of nitrogens with one attached hydrogen (secondary N) is 1. The smallest absolute Gasteiger partial charge is 0.306 e. The molecule has 1 N–H and O–H groups in total. The molecule has 1 amide bonds. The first kappa shape index (κ1) is 22.2. The van der Waals surface area contributed by atoms with E-state index in [1.165, 1.54) is 0 Å². The van der Waals surface area contributed by atoms with Crippen LogP contribution in [0.15, 0.2) is 72.8 Å². The maximum atomic E-state index is 12.3. The second-order valence-electron chi connectivity index (χ2n) is 7.04. The quantitative estimate of drug-likeness (QED) is 0.376. The molecule has 0 bridgehead atoms. The van der Waals surface area contributed by atoms with Gasteiger partial charge in [-0.2, -0.15) is 0 Å². The molecule has 0 aliphatic rings. The first-order chi connectivity index (χ1) is 14.9. The van der Waals surface area contributed by atoms with E-state index in [2.05, 4.69) is 5.32 Å². The predicted octanol–water partition coefficient (Wildman–Crippen LogP) is 5.46. The van der Waals surface area contributed by atoms with E-state index in [0.29, 0.717) is 16.3 Å². The van der Waals surface area contributed by atoms with Crippen molar-refractivity contribution in [2.75, 3.05) is 11.9 Å². The fraction of sp³-hybridized carbons (Fsp3) is 0.160. The van der Waals surface area contributed by atoms with Gasteiger partial charge in [0.1, 0.15) is 0 Å². The van der Waals surface area contributed by atoms with Gasteiger partial charge in [-0.3, -0.25) is 14.4 Å². The summed E-state index contributed by atoms with van der Waals surface area (Å²) in [6, 6.07) is 22.1. The normalized spacial score (nSPS) is 10.4. The van der Waals surface area contributed by atoms with Crippen LogP contribution in [0, 0.1) is 6.92 Å². The molecule has 3 aromatic rings. The molecule has 0 unspecified atom stereocenters. The van der Waals surface area contributed by atoms with Gasteiger partial charge in [0, 0.05) is 22.7 Å². The van der Waals surface area contributed by atoms with Crippen molar-refractivity contribution in [1.82, 2.24) is 0 Å². The van der Waals surface area contributed by atoms with Crippen LogP contribution in [0.3, 0.4) is 0 Å². The number of anilines is 1. The number of benzene rings is 3. The lowest BCUT2D eigenvalue weighted by atomic mass is 10.0. The maximum Gasteiger partial charge on any atom is 0.306 e. The molecule has 0 aliphatic carbocycles. The number of carbonyl (C=O) groups is 3. The number of Topliss-reactive ketones (excluding diaryl/α,β-unsaturated/α-hetero) is 1. The highest BCUT2D eigenvalue weighted by molar-refractivity contribution is 6.31. The van der Waals surface area contributed by atoms with Crippen LogP contribution in [-0.4, -0.2) is 24.3 Å². The molecule has 0 radical (unpaired) electrons. The molecule has 0 atom stereocenters. The van der Waals surface area contributed by atoms with Gasteiger partial charge in [-0.05, 0) is 35.7 Å². The van der Waals surface area contributed by atoms with Crippen LogP contribution in [0.4, 0.5) is 5.69 Å².